The molecule has 0 radical (unpaired) electrons. The van der Waals surface area contributed by atoms with Gasteiger partial charge >= 0.3 is 0 Å². The molecule has 0 aliphatic carbocycles. The first kappa shape index (κ1) is 6.25. The molecule has 0 amide bonds. The van der Waals surface area contributed by atoms with E-state index in [9.17, 15) is 4.39 Å². The van der Waals surface area contributed by atoms with Crippen molar-refractivity contribution in [1.82, 2.24) is 0 Å². The van der Waals surface area contributed by atoms with Crippen LogP contribution in [-0.2, 0) is 0 Å². The minimum atomic E-state index is -0.502. The van der Waals surface area contributed by atoms with Crippen molar-refractivity contribution < 1.29 is 4.39 Å². The minimum absolute atomic E-state index is 0.135. The summed E-state index contributed by atoms with van der Waals surface area (Å²) in [6, 6.07) is 0. The van der Waals surface area contributed by atoms with Crippen molar-refractivity contribution in [2.75, 3.05) is 5.88 Å². The molecule has 0 aliphatic rings. The fourth-order valence-electron chi connectivity index (χ4n) is 0.0292. The van der Waals surface area contributed by atoms with Crippen LogP contribution in [0.4, 0.5) is 4.39 Å². The van der Waals surface area contributed by atoms with Gasteiger partial charge < -0.3 is 0 Å². The van der Waals surface area contributed by atoms with Crippen LogP contribution in [-0.4, -0.2) is 5.88 Å². The van der Waals surface area contributed by atoms with Crippen molar-refractivity contribution >= 4 is 23.2 Å². The second kappa shape index (κ2) is 3.44. The molecule has 0 atom stereocenters. The van der Waals surface area contributed by atoms with Gasteiger partial charge in [0.2, 0.25) is 0 Å². The molecule has 0 saturated heterocycles. The second-order valence-corrected chi connectivity index (χ2v) is 1.18. The van der Waals surface area contributed by atoms with Crippen molar-refractivity contribution in [3.8, 4) is 0 Å². The predicted octanol–water partition coefficient (Wildman–Crippen LogP) is 2.27. The summed E-state index contributed by atoms with van der Waals surface area (Å²) in [5.74, 6) is -0.637. The molecule has 0 saturated carbocycles. The van der Waals surface area contributed by atoms with E-state index in [1.54, 1.807) is 0 Å². The van der Waals surface area contributed by atoms with E-state index in [-0.39, 0.29) is 5.88 Å². The third kappa shape index (κ3) is 2.49. The first-order chi connectivity index (χ1) is 2.81. The Morgan fingerprint density at radius 1 is 1.83 bits per heavy atom. The summed E-state index contributed by atoms with van der Waals surface area (Å²) in [6.45, 7) is 0. The molecule has 0 nitrogen and oxygen atoms in total. The molecule has 0 aromatic rings. The normalized spacial score (nSPS) is 12.2. The summed E-state index contributed by atoms with van der Waals surface area (Å²) >= 11 is 9.76. The van der Waals surface area contributed by atoms with Crippen LogP contribution in [0.1, 0.15) is 0 Å². The van der Waals surface area contributed by atoms with E-state index in [4.69, 9.17) is 23.2 Å². The summed E-state index contributed by atoms with van der Waals surface area (Å²) in [5, 5.41) is 0. The molecule has 0 rings (SSSR count). The second-order valence-electron chi connectivity index (χ2n) is 0.690. The van der Waals surface area contributed by atoms with Crippen molar-refractivity contribution in [2.24, 2.45) is 0 Å². The zero-order chi connectivity index (χ0) is 4.99. The number of rotatable bonds is 1. The average molecular weight is 129 g/mol. The SMILES string of the molecule is F/C(=C\Cl)CCl. The van der Waals surface area contributed by atoms with Gasteiger partial charge in [0.1, 0.15) is 5.83 Å². The molecule has 3 heteroatoms. The van der Waals surface area contributed by atoms with E-state index in [1.165, 1.54) is 0 Å². The van der Waals surface area contributed by atoms with E-state index in [1.807, 2.05) is 0 Å². The molecule has 0 heterocycles. The standard InChI is InChI=1S/C3H3Cl2F/c4-1-3(6)2-5/h1H,2H2/b3-1-. The van der Waals surface area contributed by atoms with Crippen molar-refractivity contribution in [3.05, 3.63) is 11.4 Å². The number of halogens is 3. The molecule has 36 valence electrons. The number of alkyl halides is 1. The van der Waals surface area contributed by atoms with Crippen LogP contribution in [0.3, 0.4) is 0 Å². The van der Waals surface area contributed by atoms with Gasteiger partial charge in [-0.1, -0.05) is 11.6 Å². The fraction of sp³-hybridized carbons (Fsp3) is 0.333. The van der Waals surface area contributed by atoms with E-state index < -0.39 is 5.83 Å². The monoisotopic (exact) mass is 128 g/mol. The molecule has 0 spiro atoms. The summed E-state index contributed by atoms with van der Waals surface area (Å²) in [4.78, 5) is 0. The number of hydrogen-bond donors (Lipinski definition) is 0. The van der Waals surface area contributed by atoms with Gasteiger partial charge in [-0.2, -0.15) is 0 Å². The lowest BCUT2D eigenvalue weighted by atomic mass is 10.7. The van der Waals surface area contributed by atoms with Crippen molar-refractivity contribution in [3.63, 3.8) is 0 Å². The first-order valence-electron chi connectivity index (χ1n) is 1.32. The highest BCUT2D eigenvalue weighted by Crippen LogP contribution is 1.98. The molecule has 0 aromatic carbocycles. The van der Waals surface area contributed by atoms with Crippen LogP contribution in [0, 0.1) is 0 Å². The van der Waals surface area contributed by atoms with Crippen LogP contribution in [0.2, 0.25) is 0 Å². The van der Waals surface area contributed by atoms with Crippen LogP contribution in [0.5, 0.6) is 0 Å². The van der Waals surface area contributed by atoms with Crippen molar-refractivity contribution in [1.29, 1.82) is 0 Å². The topological polar surface area (TPSA) is 0 Å². The summed E-state index contributed by atoms with van der Waals surface area (Å²) in [5.41, 5.74) is 0.813. The largest absolute Gasteiger partial charge is 0.210 e. The van der Waals surface area contributed by atoms with Gasteiger partial charge in [-0.15, -0.1) is 11.6 Å². The Hall–Kier alpha value is 0.250. The van der Waals surface area contributed by atoms with Crippen LogP contribution < -0.4 is 0 Å². The Kier molecular flexibility index (Phi) is 3.58. The van der Waals surface area contributed by atoms with E-state index in [0.717, 1.165) is 5.54 Å². The lowest BCUT2D eigenvalue weighted by molar-refractivity contribution is 0.645. The summed E-state index contributed by atoms with van der Waals surface area (Å²) in [7, 11) is 0. The zero-order valence-corrected chi connectivity index (χ0v) is 4.43. The molecule has 6 heavy (non-hydrogen) atoms. The van der Waals surface area contributed by atoms with Crippen LogP contribution >= 0.6 is 23.2 Å². The Morgan fingerprint density at radius 3 is 2.33 bits per heavy atom. The molecule has 0 unspecified atom stereocenters. The van der Waals surface area contributed by atoms with Gasteiger partial charge in [-0.25, -0.2) is 4.39 Å². The molecule has 0 bridgehead atoms. The highest BCUT2D eigenvalue weighted by atomic mass is 35.5. The van der Waals surface area contributed by atoms with E-state index >= 15 is 0 Å². The highest BCUT2D eigenvalue weighted by molar-refractivity contribution is 6.26. The molecule has 0 aliphatic heterocycles. The Labute approximate surface area is 45.6 Å². The lowest BCUT2D eigenvalue weighted by Crippen LogP contribution is -1.66. The van der Waals surface area contributed by atoms with Gasteiger partial charge in [0.25, 0.3) is 0 Å². The van der Waals surface area contributed by atoms with Gasteiger partial charge in [0.05, 0.1) is 5.88 Å². The maximum Gasteiger partial charge on any atom is 0.126 e. The molecular formula is C3H3Cl2F. The number of hydrogen-bond acceptors (Lipinski definition) is 0. The summed E-state index contributed by atoms with van der Waals surface area (Å²) in [6.07, 6.45) is 0. The third-order valence-electron chi connectivity index (χ3n) is 0.246. The highest BCUT2D eigenvalue weighted by Gasteiger charge is 1.83. The Bertz CT molecular complexity index is 59.8. The molecule has 0 aromatic heterocycles. The third-order valence-corrected chi connectivity index (χ3v) is 0.738. The zero-order valence-electron chi connectivity index (χ0n) is 2.92. The maximum absolute atomic E-state index is 11.5. The fourth-order valence-corrected chi connectivity index (χ4v) is 0.262. The molecule has 0 fully saturated rings. The lowest BCUT2D eigenvalue weighted by Gasteiger charge is -1.76. The Balaban J connectivity index is 3.22. The number of allylic oxidation sites excluding steroid dienone is 1. The van der Waals surface area contributed by atoms with Crippen molar-refractivity contribution in [2.45, 2.75) is 0 Å². The average Bonchev–Trinajstić information content (AvgIpc) is 1.65. The quantitative estimate of drug-likeness (QED) is 0.476. The maximum atomic E-state index is 11.5. The Morgan fingerprint density at radius 2 is 2.33 bits per heavy atom. The van der Waals surface area contributed by atoms with Gasteiger partial charge in [-0.3, -0.25) is 0 Å². The van der Waals surface area contributed by atoms with E-state index in [0.29, 0.717) is 0 Å². The summed E-state index contributed by atoms with van der Waals surface area (Å²) < 4.78 is 11.5. The predicted molar refractivity (Wildman–Crippen MR) is 25.8 cm³/mol. The van der Waals surface area contributed by atoms with Crippen LogP contribution in [0.15, 0.2) is 11.4 Å². The smallest absolute Gasteiger partial charge is 0.126 e. The minimum Gasteiger partial charge on any atom is -0.210 e. The molecule has 0 N–H and O–H groups in total. The molecular weight excluding hydrogens is 126 g/mol. The first-order valence-corrected chi connectivity index (χ1v) is 2.29. The van der Waals surface area contributed by atoms with Gasteiger partial charge in [0, 0.05) is 5.54 Å². The van der Waals surface area contributed by atoms with Gasteiger partial charge in [-0.05, 0) is 0 Å². The van der Waals surface area contributed by atoms with Crippen LogP contribution in [0.25, 0.3) is 0 Å². The van der Waals surface area contributed by atoms with Gasteiger partial charge in [0.15, 0.2) is 0 Å². The van der Waals surface area contributed by atoms with E-state index in [2.05, 4.69) is 0 Å².